The predicted octanol–water partition coefficient (Wildman–Crippen LogP) is 11.6. The highest BCUT2D eigenvalue weighted by Gasteiger charge is 2.37. The summed E-state index contributed by atoms with van der Waals surface area (Å²) < 4.78 is 8.72. The smallest absolute Gasteiger partial charge is 0.234 e. The van der Waals surface area contributed by atoms with Gasteiger partial charge in [0, 0.05) is 38.1 Å². The monoisotopic (exact) mass is 682 g/mol. The molecule has 0 radical (unpaired) electrons. The molecule has 53 heavy (non-hydrogen) atoms. The van der Waals surface area contributed by atoms with Gasteiger partial charge in [-0.2, -0.15) is 4.99 Å². The van der Waals surface area contributed by atoms with Crippen molar-refractivity contribution in [2.45, 2.75) is 25.4 Å². The van der Waals surface area contributed by atoms with Gasteiger partial charge in [0.15, 0.2) is 0 Å². The van der Waals surface area contributed by atoms with Crippen molar-refractivity contribution in [3.63, 3.8) is 0 Å². The number of aromatic nitrogens is 1. The maximum Gasteiger partial charge on any atom is 0.234 e. The third-order valence-corrected chi connectivity index (χ3v) is 11.3. The summed E-state index contributed by atoms with van der Waals surface area (Å²) in [7, 11) is 0. The lowest BCUT2D eigenvalue weighted by Gasteiger charge is -2.24. The molecule has 11 rings (SSSR count). The minimum absolute atomic E-state index is 0.219. The van der Waals surface area contributed by atoms with Crippen LogP contribution in [0.4, 0.5) is 0 Å². The third-order valence-electron chi connectivity index (χ3n) is 11.3. The Bertz CT molecular complexity index is 3000. The van der Waals surface area contributed by atoms with E-state index >= 15 is 0 Å². The highest BCUT2D eigenvalue weighted by Crippen LogP contribution is 2.52. The van der Waals surface area contributed by atoms with E-state index in [4.69, 9.17) is 14.4 Å². The van der Waals surface area contributed by atoms with Crippen LogP contribution in [0.1, 0.15) is 42.3 Å². The number of amidine groups is 1. The summed E-state index contributed by atoms with van der Waals surface area (Å²) in [5, 5.41) is 8.29. The van der Waals surface area contributed by atoms with Gasteiger partial charge < -0.3 is 9.73 Å². The summed E-state index contributed by atoms with van der Waals surface area (Å²) in [5.41, 5.74) is 13.3. The number of rotatable bonds is 3. The van der Waals surface area contributed by atoms with E-state index < -0.39 is 0 Å². The number of benzene rings is 7. The first-order valence-corrected chi connectivity index (χ1v) is 18.2. The van der Waals surface area contributed by atoms with Crippen molar-refractivity contribution in [3.05, 3.63) is 180 Å². The van der Waals surface area contributed by atoms with Gasteiger partial charge >= 0.3 is 0 Å². The van der Waals surface area contributed by atoms with Crippen LogP contribution in [0.3, 0.4) is 0 Å². The summed E-state index contributed by atoms with van der Waals surface area (Å²) in [5.74, 6) is 1.46. The molecule has 1 aliphatic carbocycles. The number of nitrogens with one attached hydrogen (secondary N) is 1. The van der Waals surface area contributed by atoms with Crippen LogP contribution in [0.2, 0.25) is 0 Å². The normalized spacial score (nSPS) is 16.1. The van der Waals surface area contributed by atoms with E-state index in [0.717, 1.165) is 61.1 Å². The third kappa shape index (κ3) is 4.44. The topological polar surface area (TPSA) is 54.8 Å². The summed E-state index contributed by atoms with van der Waals surface area (Å²) in [6, 6.07) is 55.9. The Morgan fingerprint density at radius 1 is 0.566 bits per heavy atom. The number of fused-ring (bicyclic) bond motifs is 9. The molecule has 0 spiro atoms. The minimum Gasteiger partial charge on any atom is -0.455 e. The molecule has 7 aromatic carbocycles. The molecule has 1 unspecified atom stereocenters. The maximum absolute atomic E-state index is 6.47. The van der Waals surface area contributed by atoms with Gasteiger partial charge in [-0.1, -0.05) is 141 Å². The Morgan fingerprint density at radius 2 is 1.28 bits per heavy atom. The van der Waals surface area contributed by atoms with Crippen LogP contribution >= 0.6 is 0 Å². The Morgan fingerprint density at radius 3 is 2.13 bits per heavy atom. The van der Waals surface area contributed by atoms with Crippen molar-refractivity contribution in [2.75, 3.05) is 0 Å². The number of furan rings is 1. The molecule has 3 heterocycles. The first kappa shape index (κ1) is 30.0. The Balaban J connectivity index is 1.11. The Hall–Kier alpha value is -6.72. The standard InChI is InChI=1S/C48H34N4O/c1-48(2)39-26-31(32-20-13-21-36-35-19-10-12-23-43(35)53-44(32)36)24-25-33(39)37-28-42-38(27-40(37)48)34-18-9-11-22-41(34)52(42)47-50-45(29-14-5-3-6-15-29)49-46(51-47)30-16-7-4-8-17-30/h3-28,45H,1-2H3,(H,49,50,51). The van der Waals surface area contributed by atoms with Gasteiger partial charge in [-0.15, -0.1) is 0 Å². The van der Waals surface area contributed by atoms with Crippen LogP contribution < -0.4 is 5.32 Å². The number of hydrogen-bond donors (Lipinski definition) is 1. The fraction of sp³-hybridized carbons (Fsp3) is 0.0833. The average molecular weight is 683 g/mol. The van der Waals surface area contributed by atoms with Crippen molar-refractivity contribution >= 4 is 55.5 Å². The molecule has 5 nitrogen and oxygen atoms in total. The maximum atomic E-state index is 6.47. The fourth-order valence-electron chi connectivity index (χ4n) is 8.64. The van der Waals surface area contributed by atoms with Crippen LogP contribution in [-0.4, -0.2) is 16.4 Å². The van der Waals surface area contributed by atoms with Gasteiger partial charge in [-0.05, 0) is 63.7 Å². The number of nitrogens with zero attached hydrogens (tertiary/aromatic N) is 3. The van der Waals surface area contributed by atoms with E-state index in [1.807, 2.05) is 36.4 Å². The van der Waals surface area contributed by atoms with Gasteiger partial charge in [-0.25, -0.2) is 4.99 Å². The zero-order valence-corrected chi connectivity index (χ0v) is 29.3. The number of para-hydroxylation sites is 3. The SMILES string of the molecule is CC1(C)c2cc(-c3cccc4c3oc3ccccc34)ccc2-c2cc3c(cc21)c1ccccc1n3C1=NC(c2ccccc2)NC(c2ccccc2)=N1. The lowest BCUT2D eigenvalue weighted by Crippen LogP contribution is -2.35. The first-order chi connectivity index (χ1) is 26.0. The molecule has 0 amide bonds. The fourth-order valence-corrected chi connectivity index (χ4v) is 8.64. The molecule has 2 aliphatic rings. The molecule has 0 saturated carbocycles. The van der Waals surface area contributed by atoms with Crippen LogP contribution in [0.15, 0.2) is 172 Å². The van der Waals surface area contributed by atoms with Crippen molar-refractivity contribution < 1.29 is 4.42 Å². The van der Waals surface area contributed by atoms with Crippen LogP contribution in [0.25, 0.3) is 66.0 Å². The highest BCUT2D eigenvalue weighted by molar-refractivity contribution is 6.18. The first-order valence-electron chi connectivity index (χ1n) is 18.2. The molecular formula is C48H34N4O. The largest absolute Gasteiger partial charge is 0.455 e. The average Bonchev–Trinajstić information content (AvgIpc) is 3.83. The molecule has 1 atom stereocenters. The molecule has 0 saturated heterocycles. The molecule has 5 heteroatoms. The van der Waals surface area contributed by atoms with Crippen LogP contribution in [0.5, 0.6) is 0 Å². The molecular weight excluding hydrogens is 649 g/mol. The van der Waals surface area contributed by atoms with Crippen LogP contribution in [0, 0.1) is 0 Å². The summed E-state index contributed by atoms with van der Waals surface area (Å²) in [4.78, 5) is 10.5. The van der Waals surface area contributed by atoms with E-state index in [9.17, 15) is 0 Å². The van der Waals surface area contributed by atoms with Gasteiger partial charge in [-0.3, -0.25) is 4.57 Å². The molecule has 1 N–H and O–H groups in total. The van der Waals surface area contributed by atoms with Crippen molar-refractivity contribution in [1.82, 2.24) is 9.88 Å². The van der Waals surface area contributed by atoms with E-state index in [1.165, 1.54) is 33.0 Å². The van der Waals surface area contributed by atoms with Crippen LogP contribution in [-0.2, 0) is 5.41 Å². The molecule has 0 fully saturated rings. The van der Waals surface area contributed by atoms with Crippen molar-refractivity contribution in [2.24, 2.45) is 9.98 Å². The molecule has 0 bridgehead atoms. The van der Waals surface area contributed by atoms with E-state index in [2.05, 4.69) is 145 Å². The second kappa shape index (κ2) is 11.1. The molecule has 1 aliphatic heterocycles. The summed E-state index contributed by atoms with van der Waals surface area (Å²) in [6.45, 7) is 4.71. The number of hydrogen-bond acceptors (Lipinski definition) is 4. The van der Waals surface area contributed by atoms with E-state index in [0.29, 0.717) is 5.96 Å². The Labute approximate surface area is 306 Å². The summed E-state index contributed by atoms with van der Waals surface area (Å²) in [6.07, 6.45) is -0.293. The van der Waals surface area contributed by atoms with Gasteiger partial charge in [0.05, 0.1) is 11.0 Å². The number of aliphatic imine (C=N–C) groups is 2. The zero-order chi connectivity index (χ0) is 35.3. The van der Waals surface area contributed by atoms with Crippen molar-refractivity contribution in [1.29, 1.82) is 0 Å². The minimum atomic E-state index is -0.293. The second-order valence-electron chi connectivity index (χ2n) is 14.6. The van der Waals surface area contributed by atoms with Gasteiger partial charge in [0.25, 0.3) is 0 Å². The highest BCUT2D eigenvalue weighted by atomic mass is 16.3. The predicted molar refractivity (Wildman–Crippen MR) is 218 cm³/mol. The van der Waals surface area contributed by atoms with E-state index in [1.54, 1.807) is 0 Å². The molecule has 2 aromatic heterocycles. The van der Waals surface area contributed by atoms with Gasteiger partial charge in [0.1, 0.15) is 23.2 Å². The molecule has 9 aromatic rings. The lowest BCUT2D eigenvalue weighted by molar-refractivity contribution is 0.661. The van der Waals surface area contributed by atoms with Crippen molar-refractivity contribution in [3.8, 4) is 22.3 Å². The summed E-state index contributed by atoms with van der Waals surface area (Å²) >= 11 is 0. The zero-order valence-electron chi connectivity index (χ0n) is 29.3. The van der Waals surface area contributed by atoms with Gasteiger partial charge in [0.2, 0.25) is 5.96 Å². The molecule has 252 valence electrons. The second-order valence-corrected chi connectivity index (χ2v) is 14.6. The van der Waals surface area contributed by atoms with E-state index in [-0.39, 0.29) is 11.6 Å². The quantitative estimate of drug-likeness (QED) is 0.202. The lowest BCUT2D eigenvalue weighted by atomic mass is 9.81. The Kier molecular flexibility index (Phi) is 6.30.